The number of hydrogen-bond acceptors (Lipinski definition) is 3. The van der Waals surface area contributed by atoms with Gasteiger partial charge in [-0.1, -0.05) is 37.3 Å². The van der Waals surface area contributed by atoms with Gasteiger partial charge in [0, 0.05) is 12.5 Å². The molecule has 0 aliphatic rings. The summed E-state index contributed by atoms with van der Waals surface area (Å²) in [5.41, 5.74) is 7.64. The van der Waals surface area contributed by atoms with E-state index in [1.54, 1.807) is 7.11 Å². The summed E-state index contributed by atoms with van der Waals surface area (Å²) in [6.45, 7) is 2.85. The predicted molar refractivity (Wildman–Crippen MR) is 113 cm³/mol. The lowest BCUT2D eigenvalue weighted by atomic mass is 10.0. The molecule has 0 saturated carbocycles. The van der Waals surface area contributed by atoms with Crippen molar-refractivity contribution in [2.75, 3.05) is 13.7 Å². The van der Waals surface area contributed by atoms with Gasteiger partial charge in [0.2, 0.25) is 0 Å². The molecule has 0 aliphatic carbocycles. The van der Waals surface area contributed by atoms with E-state index in [0.29, 0.717) is 12.1 Å². The van der Waals surface area contributed by atoms with Crippen molar-refractivity contribution in [2.24, 2.45) is 10.7 Å². The van der Waals surface area contributed by atoms with Crippen LogP contribution >= 0.6 is 24.0 Å². The lowest BCUT2D eigenvalue weighted by Crippen LogP contribution is -2.34. The maximum absolute atomic E-state index is 12.1. The molecule has 0 heterocycles. The van der Waals surface area contributed by atoms with E-state index in [2.05, 4.69) is 15.0 Å². The molecule has 28 heavy (non-hydrogen) atoms. The molecule has 2 aromatic rings. The molecule has 1 atom stereocenters. The fourth-order valence-corrected chi connectivity index (χ4v) is 2.47. The summed E-state index contributed by atoms with van der Waals surface area (Å²) in [6.07, 6.45) is -4.70. The number of para-hydroxylation sites is 1. The first-order chi connectivity index (χ1) is 12.8. The molecular weight excluding hydrogens is 486 g/mol. The minimum Gasteiger partial charge on any atom is -0.496 e. The zero-order chi connectivity index (χ0) is 19.9. The molecule has 2 aromatic carbocycles. The van der Waals surface area contributed by atoms with E-state index in [4.69, 9.17) is 10.5 Å². The van der Waals surface area contributed by atoms with Crippen molar-refractivity contribution in [2.45, 2.75) is 25.7 Å². The smallest absolute Gasteiger partial charge is 0.496 e. The van der Waals surface area contributed by atoms with Gasteiger partial charge in [-0.25, -0.2) is 4.99 Å². The van der Waals surface area contributed by atoms with E-state index in [0.717, 1.165) is 11.3 Å². The Morgan fingerprint density at radius 1 is 1.14 bits per heavy atom. The molecule has 0 spiro atoms. The minimum absolute atomic E-state index is 0. The minimum atomic E-state index is -4.70. The van der Waals surface area contributed by atoms with Crippen molar-refractivity contribution in [1.82, 2.24) is 5.32 Å². The molecule has 0 aromatic heterocycles. The molecule has 5 nitrogen and oxygen atoms in total. The number of halogens is 4. The van der Waals surface area contributed by atoms with Crippen LogP contribution in [0.15, 0.2) is 53.5 Å². The Balaban J connectivity index is 0.00000392. The molecule has 9 heteroatoms. The molecular formula is C19H23F3IN3O2. The van der Waals surface area contributed by atoms with Gasteiger partial charge in [0.1, 0.15) is 11.5 Å². The Morgan fingerprint density at radius 2 is 1.79 bits per heavy atom. The van der Waals surface area contributed by atoms with E-state index in [9.17, 15) is 13.2 Å². The molecule has 154 valence electrons. The van der Waals surface area contributed by atoms with Crippen molar-refractivity contribution in [1.29, 1.82) is 0 Å². The highest BCUT2D eigenvalue weighted by atomic mass is 127. The summed E-state index contributed by atoms with van der Waals surface area (Å²) in [5, 5.41) is 3.04. The fraction of sp³-hybridized carbons (Fsp3) is 0.316. The molecule has 0 aliphatic heterocycles. The number of nitrogens with two attached hydrogens (primary N) is 1. The van der Waals surface area contributed by atoms with E-state index in [1.165, 1.54) is 24.3 Å². The fourth-order valence-electron chi connectivity index (χ4n) is 2.47. The van der Waals surface area contributed by atoms with Crippen molar-refractivity contribution < 1.29 is 22.6 Å². The Hall–Kier alpha value is -2.17. The first-order valence-electron chi connectivity index (χ1n) is 8.30. The standard InChI is InChI=1S/C19H22F3N3O2.HI/c1-13(16-5-3-4-6-17(16)26-2)11-24-18(23)25-12-14-7-9-15(10-8-14)27-19(20,21)22;/h3-10,13H,11-12H2,1-2H3,(H3,23,24,25);1H. The lowest BCUT2D eigenvalue weighted by molar-refractivity contribution is -0.274. The SMILES string of the molecule is COc1ccccc1C(C)CNC(N)=NCc1ccc(OC(F)(F)F)cc1.I. The summed E-state index contributed by atoms with van der Waals surface area (Å²) in [7, 11) is 1.62. The van der Waals surface area contributed by atoms with Crippen LogP contribution in [0.4, 0.5) is 13.2 Å². The van der Waals surface area contributed by atoms with Gasteiger partial charge < -0.3 is 20.5 Å². The van der Waals surface area contributed by atoms with Gasteiger partial charge >= 0.3 is 6.36 Å². The number of alkyl halides is 3. The third-order valence-corrected chi connectivity index (χ3v) is 3.85. The third kappa shape index (κ3) is 7.83. The maximum Gasteiger partial charge on any atom is 0.573 e. The summed E-state index contributed by atoms with van der Waals surface area (Å²) in [5.74, 6) is 0.941. The Bertz CT molecular complexity index is 768. The number of hydrogen-bond donors (Lipinski definition) is 2. The quantitative estimate of drug-likeness (QED) is 0.330. The highest BCUT2D eigenvalue weighted by Crippen LogP contribution is 2.25. The second kappa shape index (κ2) is 11.0. The average molecular weight is 509 g/mol. The third-order valence-electron chi connectivity index (χ3n) is 3.85. The largest absolute Gasteiger partial charge is 0.573 e. The van der Waals surface area contributed by atoms with Gasteiger partial charge in [-0.05, 0) is 29.3 Å². The summed E-state index contributed by atoms with van der Waals surface area (Å²) < 4.78 is 45.6. The van der Waals surface area contributed by atoms with Crippen LogP contribution in [0, 0.1) is 0 Å². The van der Waals surface area contributed by atoms with Gasteiger partial charge in [0.25, 0.3) is 0 Å². The van der Waals surface area contributed by atoms with Gasteiger partial charge in [-0.3, -0.25) is 0 Å². The highest BCUT2D eigenvalue weighted by Gasteiger charge is 2.30. The molecule has 0 amide bonds. The number of nitrogens with zero attached hydrogens (tertiary/aromatic N) is 1. The van der Waals surface area contributed by atoms with Crippen molar-refractivity contribution in [3.05, 3.63) is 59.7 Å². The second-order valence-electron chi connectivity index (χ2n) is 5.92. The maximum atomic E-state index is 12.1. The average Bonchev–Trinajstić information content (AvgIpc) is 2.64. The van der Waals surface area contributed by atoms with Gasteiger partial charge in [-0.2, -0.15) is 0 Å². The molecule has 0 fully saturated rings. The van der Waals surface area contributed by atoms with Crippen LogP contribution < -0.4 is 20.5 Å². The van der Waals surface area contributed by atoms with E-state index < -0.39 is 6.36 Å². The van der Waals surface area contributed by atoms with E-state index in [1.807, 2.05) is 31.2 Å². The van der Waals surface area contributed by atoms with Gasteiger partial charge in [0.15, 0.2) is 5.96 Å². The Morgan fingerprint density at radius 3 is 2.39 bits per heavy atom. The first-order valence-corrected chi connectivity index (χ1v) is 8.30. The monoisotopic (exact) mass is 509 g/mol. The van der Waals surface area contributed by atoms with Crippen LogP contribution in [-0.4, -0.2) is 26.0 Å². The van der Waals surface area contributed by atoms with Crippen LogP contribution in [0.1, 0.15) is 24.0 Å². The normalized spacial score (nSPS) is 12.7. The molecule has 0 saturated heterocycles. The highest BCUT2D eigenvalue weighted by molar-refractivity contribution is 14.0. The summed E-state index contributed by atoms with van der Waals surface area (Å²) in [6, 6.07) is 13.2. The predicted octanol–water partition coefficient (Wildman–Crippen LogP) is 4.42. The summed E-state index contributed by atoms with van der Waals surface area (Å²) >= 11 is 0. The van der Waals surface area contributed by atoms with Gasteiger partial charge in [-0.15, -0.1) is 37.1 Å². The second-order valence-corrected chi connectivity index (χ2v) is 5.92. The number of ether oxygens (including phenoxy) is 2. The van der Waals surface area contributed by atoms with Crippen LogP contribution in [0.5, 0.6) is 11.5 Å². The number of benzene rings is 2. The zero-order valence-electron chi connectivity index (χ0n) is 15.5. The zero-order valence-corrected chi connectivity index (χ0v) is 17.8. The number of aliphatic imine (C=N–C) groups is 1. The topological polar surface area (TPSA) is 68.9 Å². The number of rotatable bonds is 7. The van der Waals surface area contributed by atoms with Crippen LogP contribution in [0.3, 0.4) is 0 Å². The van der Waals surface area contributed by atoms with Crippen LogP contribution in [0.2, 0.25) is 0 Å². The number of nitrogens with one attached hydrogen (secondary N) is 1. The number of methoxy groups -OCH3 is 1. The van der Waals surface area contributed by atoms with Crippen LogP contribution in [0.25, 0.3) is 0 Å². The summed E-state index contributed by atoms with van der Waals surface area (Å²) in [4.78, 5) is 4.20. The Labute approximate surface area is 179 Å². The lowest BCUT2D eigenvalue weighted by Gasteiger charge is -2.16. The first kappa shape index (κ1) is 23.9. The molecule has 3 N–H and O–H groups in total. The molecule has 0 bridgehead atoms. The van der Waals surface area contributed by atoms with Crippen molar-refractivity contribution >= 4 is 29.9 Å². The van der Waals surface area contributed by atoms with Crippen molar-refractivity contribution in [3.8, 4) is 11.5 Å². The Kier molecular flexibility index (Phi) is 9.36. The number of guanidine groups is 1. The van der Waals surface area contributed by atoms with Gasteiger partial charge in [0.05, 0.1) is 13.7 Å². The molecule has 0 radical (unpaired) electrons. The molecule has 2 rings (SSSR count). The van der Waals surface area contributed by atoms with E-state index in [-0.39, 0.29) is 48.1 Å². The van der Waals surface area contributed by atoms with Crippen LogP contribution in [-0.2, 0) is 6.54 Å². The molecule has 1 unspecified atom stereocenters. The van der Waals surface area contributed by atoms with Crippen molar-refractivity contribution in [3.63, 3.8) is 0 Å². The van der Waals surface area contributed by atoms with E-state index >= 15 is 0 Å².